The number of hydrogen-bond acceptors (Lipinski definition) is 2. The summed E-state index contributed by atoms with van der Waals surface area (Å²) in [6.07, 6.45) is 11.7. The van der Waals surface area contributed by atoms with Gasteiger partial charge in [-0.1, -0.05) is 62.2 Å². The number of benzene rings is 1. The van der Waals surface area contributed by atoms with Crippen LogP contribution in [-0.2, 0) is 0 Å². The molecule has 0 spiro atoms. The third-order valence-corrected chi connectivity index (χ3v) is 6.33. The molecule has 0 saturated heterocycles. The van der Waals surface area contributed by atoms with Crippen molar-refractivity contribution >= 4 is 0 Å². The van der Waals surface area contributed by atoms with Gasteiger partial charge in [0.2, 0.25) is 0 Å². The molecule has 0 aliphatic heterocycles. The third kappa shape index (κ3) is 6.51. The van der Waals surface area contributed by atoms with Crippen LogP contribution in [-0.4, -0.2) is 31.1 Å². The van der Waals surface area contributed by atoms with Crippen LogP contribution in [0.1, 0.15) is 70.3 Å². The Kier molecular flexibility index (Phi) is 9.31. The first-order valence-corrected chi connectivity index (χ1v) is 11.2. The van der Waals surface area contributed by atoms with E-state index in [9.17, 15) is 0 Å². The van der Waals surface area contributed by atoms with E-state index in [1.54, 1.807) is 0 Å². The zero-order valence-electron chi connectivity index (χ0n) is 18.7. The number of rotatable bonds is 7. The average Bonchev–Trinajstić information content (AvgIpc) is 3.34. The van der Waals surface area contributed by atoms with Crippen LogP contribution in [0, 0.1) is 11.8 Å². The molecule has 156 valence electrons. The summed E-state index contributed by atoms with van der Waals surface area (Å²) in [7, 11) is 4.33. The molecule has 1 aromatic rings. The molecule has 2 nitrogen and oxygen atoms in total. The van der Waals surface area contributed by atoms with E-state index in [4.69, 9.17) is 0 Å². The molecule has 2 aliphatic rings. The monoisotopic (exact) mass is 382 g/mol. The van der Waals surface area contributed by atoms with Crippen LogP contribution < -0.4 is 5.32 Å². The molecule has 3 unspecified atom stereocenters. The van der Waals surface area contributed by atoms with Gasteiger partial charge in [0.15, 0.2) is 0 Å². The van der Waals surface area contributed by atoms with E-state index in [1.165, 1.54) is 56.2 Å². The van der Waals surface area contributed by atoms with Crippen molar-refractivity contribution in [1.82, 2.24) is 10.2 Å². The Balaban J connectivity index is 0.000000202. The van der Waals surface area contributed by atoms with E-state index < -0.39 is 0 Å². The highest BCUT2D eigenvalue weighted by molar-refractivity contribution is 5.22. The summed E-state index contributed by atoms with van der Waals surface area (Å²) in [5.74, 6) is 2.25. The van der Waals surface area contributed by atoms with E-state index in [-0.39, 0.29) is 0 Å². The van der Waals surface area contributed by atoms with Crippen molar-refractivity contribution in [3.8, 4) is 0 Å². The van der Waals surface area contributed by atoms with Crippen LogP contribution in [0.15, 0.2) is 55.3 Å². The minimum Gasteiger partial charge on any atom is -0.385 e. The van der Waals surface area contributed by atoms with E-state index in [0.29, 0.717) is 18.0 Å². The zero-order chi connectivity index (χ0) is 20.5. The number of nitrogens with zero attached hydrogens (tertiary/aromatic N) is 1. The molecule has 2 heteroatoms. The maximum absolute atomic E-state index is 4.21. The minimum absolute atomic E-state index is 0.487. The number of nitrogens with one attached hydrogen (secondary N) is 1. The summed E-state index contributed by atoms with van der Waals surface area (Å²) in [4.78, 5) is 2.31. The van der Waals surface area contributed by atoms with Crippen molar-refractivity contribution in [1.29, 1.82) is 0 Å². The summed E-state index contributed by atoms with van der Waals surface area (Å²) in [5.41, 5.74) is 2.69. The fourth-order valence-electron chi connectivity index (χ4n) is 5.13. The molecule has 0 amide bonds. The van der Waals surface area contributed by atoms with Crippen LogP contribution in [0.3, 0.4) is 0 Å². The smallest absolute Gasteiger partial charge is 0.0512 e. The van der Waals surface area contributed by atoms with Gasteiger partial charge in [-0.3, -0.25) is 0 Å². The average molecular weight is 383 g/mol. The standard InChI is InChI=1S/C13H26N2.C13H16/c1-10(2)14-11(3)13(15(4)5)12-8-6-7-9-12;1-2-11-9-6-10-13(11)12-7-4-3-5-8-12/h10,12-14H,3,6-9H2,1-2,4-5H3;2-5,7-8,11,13H,1,6,9-10H2. The Morgan fingerprint density at radius 1 is 1.04 bits per heavy atom. The van der Waals surface area contributed by atoms with E-state index in [0.717, 1.165) is 11.8 Å². The Labute approximate surface area is 174 Å². The Morgan fingerprint density at radius 3 is 2.21 bits per heavy atom. The van der Waals surface area contributed by atoms with Crippen molar-refractivity contribution in [3.05, 3.63) is 60.8 Å². The van der Waals surface area contributed by atoms with Crippen molar-refractivity contribution in [2.45, 2.75) is 76.8 Å². The van der Waals surface area contributed by atoms with Crippen molar-refractivity contribution in [2.75, 3.05) is 14.1 Å². The Hall–Kier alpha value is -1.54. The van der Waals surface area contributed by atoms with Crippen LogP contribution in [0.5, 0.6) is 0 Å². The Morgan fingerprint density at radius 2 is 1.68 bits per heavy atom. The predicted octanol–water partition coefficient (Wildman–Crippen LogP) is 6.37. The van der Waals surface area contributed by atoms with Crippen molar-refractivity contribution < 1.29 is 0 Å². The molecular weight excluding hydrogens is 340 g/mol. The number of likely N-dealkylation sites (N-methyl/N-ethyl adjacent to an activating group) is 1. The van der Waals surface area contributed by atoms with Gasteiger partial charge in [0.05, 0.1) is 6.04 Å². The molecule has 2 aliphatic carbocycles. The first-order chi connectivity index (χ1) is 13.4. The largest absolute Gasteiger partial charge is 0.385 e. The highest BCUT2D eigenvalue weighted by atomic mass is 15.1. The molecule has 28 heavy (non-hydrogen) atoms. The van der Waals surface area contributed by atoms with Crippen LogP contribution >= 0.6 is 0 Å². The van der Waals surface area contributed by atoms with Crippen LogP contribution in [0.25, 0.3) is 0 Å². The van der Waals surface area contributed by atoms with Gasteiger partial charge in [-0.15, -0.1) is 6.58 Å². The fraction of sp³-hybridized carbons (Fsp3) is 0.615. The summed E-state index contributed by atoms with van der Waals surface area (Å²) < 4.78 is 0. The second-order valence-corrected chi connectivity index (χ2v) is 9.12. The van der Waals surface area contributed by atoms with Crippen molar-refractivity contribution in [3.63, 3.8) is 0 Å². The lowest BCUT2D eigenvalue weighted by Gasteiger charge is -2.33. The summed E-state index contributed by atoms with van der Waals surface area (Å²) >= 11 is 0. The lowest BCUT2D eigenvalue weighted by molar-refractivity contribution is 0.234. The summed E-state index contributed by atoms with van der Waals surface area (Å²) in [6, 6.07) is 11.8. The van der Waals surface area contributed by atoms with Gasteiger partial charge in [0.1, 0.15) is 0 Å². The van der Waals surface area contributed by atoms with E-state index in [1.807, 2.05) is 0 Å². The molecule has 2 fully saturated rings. The van der Waals surface area contributed by atoms with Crippen molar-refractivity contribution in [2.24, 2.45) is 11.8 Å². The van der Waals surface area contributed by atoms with Gasteiger partial charge in [-0.25, -0.2) is 0 Å². The molecule has 1 aromatic carbocycles. The molecule has 0 radical (unpaired) electrons. The first kappa shape index (κ1) is 22.7. The highest BCUT2D eigenvalue weighted by Gasteiger charge is 2.29. The molecule has 0 heterocycles. The number of hydrogen-bond donors (Lipinski definition) is 1. The number of allylic oxidation sites excluding steroid dienone is 1. The van der Waals surface area contributed by atoms with E-state index in [2.05, 4.69) is 87.7 Å². The summed E-state index contributed by atoms with van der Waals surface area (Å²) in [5, 5.41) is 3.46. The SMILES string of the molecule is C=C(NC(C)C)C(C1CCCC1)N(C)C.C=CC1CCCC1c1ccccc1. The Bertz CT molecular complexity index is 584. The predicted molar refractivity (Wildman–Crippen MR) is 124 cm³/mol. The van der Waals surface area contributed by atoms with Gasteiger partial charge in [0.25, 0.3) is 0 Å². The van der Waals surface area contributed by atoms with Gasteiger partial charge >= 0.3 is 0 Å². The van der Waals surface area contributed by atoms with Gasteiger partial charge < -0.3 is 10.2 Å². The highest BCUT2D eigenvalue weighted by Crippen LogP contribution is 2.39. The van der Waals surface area contributed by atoms with Crippen LogP contribution in [0.2, 0.25) is 0 Å². The maximum atomic E-state index is 4.21. The molecule has 3 rings (SSSR count). The second kappa shape index (κ2) is 11.5. The fourth-order valence-corrected chi connectivity index (χ4v) is 5.13. The van der Waals surface area contributed by atoms with Crippen LogP contribution in [0.4, 0.5) is 0 Å². The van der Waals surface area contributed by atoms with Gasteiger partial charge in [0, 0.05) is 11.7 Å². The molecule has 0 bridgehead atoms. The lowest BCUT2D eigenvalue weighted by Crippen LogP contribution is -2.41. The van der Waals surface area contributed by atoms with E-state index >= 15 is 0 Å². The molecule has 2 saturated carbocycles. The molecule has 0 aromatic heterocycles. The zero-order valence-corrected chi connectivity index (χ0v) is 18.7. The normalized spacial score (nSPS) is 23.4. The topological polar surface area (TPSA) is 15.3 Å². The first-order valence-electron chi connectivity index (χ1n) is 11.2. The van der Waals surface area contributed by atoms with Gasteiger partial charge in [-0.05, 0) is 76.9 Å². The maximum Gasteiger partial charge on any atom is 0.0512 e. The third-order valence-electron chi connectivity index (χ3n) is 6.33. The summed E-state index contributed by atoms with van der Waals surface area (Å²) in [6.45, 7) is 12.5. The molecule has 1 N–H and O–H groups in total. The van der Waals surface area contributed by atoms with Gasteiger partial charge in [-0.2, -0.15) is 0 Å². The molecular formula is C26H42N2. The second-order valence-electron chi connectivity index (χ2n) is 9.12. The lowest BCUT2D eigenvalue weighted by atomic mass is 9.89. The quantitative estimate of drug-likeness (QED) is 0.551. The molecule has 3 atom stereocenters. The minimum atomic E-state index is 0.487.